The third-order valence-electron chi connectivity index (χ3n) is 5.49. The van der Waals surface area contributed by atoms with Crippen LogP contribution in [0.25, 0.3) is 11.4 Å². The van der Waals surface area contributed by atoms with Crippen LogP contribution in [0.5, 0.6) is 0 Å². The fourth-order valence-corrected chi connectivity index (χ4v) is 4.59. The van der Waals surface area contributed by atoms with Crippen LogP contribution in [0.15, 0.2) is 84.0 Å². The van der Waals surface area contributed by atoms with Crippen molar-refractivity contribution < 1.29 is 4.79 Å². The Kier molecular flexibility index (Phi) is 7.25. The summed E-state index contributed by atoms with van der Waals surface area (Å²) >= 11 is 1.41. The summed E-state index contributed by atoms with van der Waals surface area (Å²) in [5.41, 5.74) is 5.51. The summed E-state index contributed by atoms with van der Waals surface area (Å²) in [6.07, 6.45) is 0. The van der Waals surface area contributed by atoms with Gasteiger partial charge in [0, 0.05) is 12.1 Å². The van der Waals surface area contributed by atoms with Crippen molar-refractivity contribution in [3.63, 3.8) is 0 Å². The van der Waals surface area contributed by atoms with Gasteiger partial charge in [-0.15, -0.1) is 10.2 Å². The molecule has 1 unspecified atom stereocenters. The van der Waals surface area contributed by atoms with Crippen molar-refractivity contribution in [1.29, 1.82) is 0 Å². The second-order valence-electron chi connectivity index (χ2n) is 8.03. The summed E-state index contributed by atoms with van der Waals surface area (Å²) in [5, 5.41) is 12.7. The average molecular weight is 457 g/mol. The number of amides is 1. The van der Waals surface area contributed by atoms with E-state index in [1.54, 1.807) is 0 Å². The number of nitrogens with zero attached hydrogens (tertiary/aromatic N) is 3. The lowest BCUT2D eigenvalue weighted by molar-refractivity contribution is -0.119. The third-order valence-corrected chi connectivity index (χ3v) is 6.46. The number of aromatic nitrogens is 3. The SMILES string of the molecule is CCn1c(SCC(=O)NC(c2ccccc2)c2ccc(C)cc2)nnc1-c1cccc(C)c1. The van der Waals surface area contributed by atoms with Crippen molar-refractivity contribution in [3.05, 3.63) is 101 Å². The lowest BCUT2D eigenvalue weighted by Gasteiger charge is -2.20. The van der Waals surface area contributed by atoms with Gasteiger partial charge in [-0.3, -0.25) is 4.79 Å². The minimum absolute atomic E-state index is 0.0443. The molecule has 33 heavy (non-hydrogen) atoms. The first-order valence-electron chi connectivity index (χ1n) is 11.1. The molecule has 1 aromatic heterocycles. The van der Waals surface area contributed by atoms with E-state index in [4.69, 9.17) is 0 Å². The van der Waals surface area contributed by atoms with Crippen LogP contribution in [0, 0.1) is 13.8 Å². The Morgan fingerprint density at radius 1 is 0.909 bits per heavy atom. The van der Waals surface area contributed by atoms with Crippen LogP contribution in [0.4, 0.5) is 0 Å². The number of thioether (sulfide) groups is 1. The highest BCUT2D eigenvalue weighted by molar-refractivity contribution is 7.99. The zero-order valence-corrected chi connectivity index (χ0v) is 20.0. The molecule has 0 aliphatic carbocycles. The molecule has 0 bridgehead atoms. The van der Waals surface area contributed by atoms with Gasteiger partial charge in [0.2, 0.25) is 5.91 Å². The van der Waals surface area contributed by atoms with Gasteiger partial charge in [0.1, 0.15) is 0 Å². The predicted molar refractivity (Wildman–Crippen MR) is 134 cm³/mol. The molecule has 4 aromatic rings. The van der Waals surface area contributed by atoms with Gasteiger partial charge < -0.3 is 9.88 Å². The summed E-state index contributed by atoms with van der Waals surface area (Å²) in [6, 6.07) is 26.4. The van der Waals surface area contributed by atoms with Crippen LogP contribution in [0.3, 0.4) is 0 Å². The number of nitrogens with one attached hydrogen (secondary N) is 1. The summed E-state index contributed by atoms with van der Waals surface area (Å²) < 4.78 is 2.06. The molecule has 1 amide bonds. The van der Waals surface area contributed by atoms with E-state index in [-0.39, 0.29) is 17.7 Å². The lowest BCUT2D eigenvalue weighted by Crippen LogP contribution is -2.30. The first kappa shape index (κ1) is 22.8. The predicted octanol–water partition coefficient (Wildman–Crippen LogP) is 5.58. The lowest BCUT2D eigenvalue weighted by atomic mass is 9.98. The van der Waals surface area contributed by atoms with Gasteiger partial charge >= 0.3 is 0 Å². The molecule has 0 spiro atoms. The quantitative estimate of drug-likeness (QED) is 0.352. The van der Waals surface area contributed by atoms with Crippen molar-refractivity contribution >= 4 is 17.7 Å². The van der Waals surface area contributed by atoms with E-state index in [0.29, 0.717) is 0 Å². The average Bonchev–Trinajstić information content (AvgIpc) is 3.25. The summed E-state index contributed by atoms with van der Waals surface area (Å²) in [6.45, 7) is 6.92. The first-order valence-corrected chi connectivity index (χ1v) is 12.1. The highest BCUT2D eigenvalue weighted by Crippen LogP contribution is 2.26. The van der Waals surface area contributed by atoms with E-state index >= 15 is 0 Å². The van der Waals surface area contributed by atoms with Crippen LogP contribution < -0.4 is 5.32 Å². The van der Waals surface area contributed by atoms with Gasteiger partial charge in [0.15, 0.2) is 11.0 Å². The molecule has 0 aliphatic rings. The molecule has 0 radical (unpaired) electrons. The largest absolute Gasteiger partial charge is 0.344 e. The van der Waals surface area contributed by atoms with Crippen molar-refractivity contribution in [2.24, 2.45) is 0 Å². The number of rotatable bonds is 8. The van der Waals surface area contributed by atoms with E-state index in [2.05, 4.69) is 77.3 Å². The number of aryl methyl sites for hydroxylation is 2. The molecule has 1 heterocycles. The number of benzene rings is 3. The summed E-state index contributed by atoms with van der Waals surface area (Å²) in [5.74, 6) is 1.05. The van der Waals surface area contributed by atoms with Gasteiger partial charge in [-0.25, -0.2) is 0 Å². The molecule has 0 fully saturated rings. The molecule has 6 heteroatoms. The molecule has 3 aromatic carbocycles. The summed E-state index contributed by atoms with van der Waals surface area (Å²) in [4.78, 5) is 13.0. The molecule has 0 saturated carbocycles. The maximum absolute atomic E-state index is 13.0. The number of hydrogen-bond acceptors (Lipinski definition) is 4. The van der Waals surface area contributed by atoms with Crippen molar-refractivity contribution in [2.75, 3.05) is 5.75 Å². The zero-order chi connectivity index (χ0) is 23.2. The number of carbonyl (C=O) groups excluding carboxylic acids is 1. The molecular weight excluding hydrogens is 428 g/mol. The Labute approximate surface area is 199 Å². The molecule has 168 valence electrons. The van der Waals surface area contributed by atoms with Crippen LogP contribution in [0.1, 0.15) is 35.2 Å². The van der Waals surface area contributed by atoms with E-state index < -0.39 is 0 Å². The fourth-order valence-electron chi connectivity index (χ4n) is 3.77. The van der Waals surface area contributed by atoms with Crippen molar-refractivity contribution in [2.45, 2.75) is 38.5 Å². The topological polar surface area (TPSA) is 59.8 Å². The number of carbonyl (C=O) groups is 1. The number of hydrogen-bond donors (Lipinski definition) is 1. The van der Waals surface area contributed by atoms with Crippen LogP contribution >= 0.6 is 11.8 Å². The first-order chi connectivity index (χ1) is 16.0. The Bertz CT molecular complexity index is 1220. The van der Waals surface area contributed by atoms with E-state index in [0.717, 1.165) is 34.2 Å². The minimum atomic E-state index is -0.202. The molecule has 1 atom stereocenters. The smallest absolute Gasteiger partial charge is 0.231 e. The van der Waals surface area contributed by atoms with Crippen LogP contribution in [-0.2, 0) is 11.3 Å². The van der Waals surface area contributed by atoms with Gasteiger partial charge in [0.25, 0.3) is 0 Å². The molecule has 0 saturated heterocycles. The van der Waals surface area contributed by atoms with Gasteiger partial charge in [-0.05, 0) is 38.0 Å². The van der Waals surface area contributed by atoms with E-state index in [1.807, 2.05) is 42.5 Å². The second-order valence-corrected chi connectivity index (χ2v) is 8.97. The monoisotopic (exact) mass is 456 g/mol. The van der Waals surface area contributed by atoms with E-state index in [1.165, 1.54) is 22.9 Å². The molecule has 0 aliphatic heterocycles. The fraction of sp³-hybridized carbons (Fsp3) is 0.222. The Morgan fingerprint density at radius 3 is 2.33 bits per heavy atom. The van der Waals surface area contributed by atoms with Crippen molar-refractivity contribution in [3.8, 4) is 11.4 Å². The Morgan fingerprint density at radius 2 is 1.64 bits per heavy atom. The minimum Gasteiger partial charge on any atom is -0.344 e. The molecule has 1 N–H and O–H groups in total. The van der Waals surface area contributed by atoms with Crippen LogP contribution in [0.2, 0.25) is 0 Å². The van der Waals surface area contributed by atoms with Gasteiger partial charge in [-0.2, -0.15) is 0 Å². The van der Waals surface area contributed by atoms with Gasteiger partial charge in [-0.1, -0.05) is 95.7 Å². The van der Waals surface area contributed by atoms with E-state index in [9.17, 15) is 4.79 Å². The van der Waals surface area contributed by atoms with Crippen molar-refractivity contribution in [1.82, 2.24) is 20.1 Å². The third kappa shape index (κ3) is 5.52. The highest BCUT2D eigenvalue weighted by atomic mass is 32.2. The molecule has 4 rings (SSSR count). The highest BCUT2D eigenvalue weighted by Gasteiger charge is 2.19. The van der Waals surface area contributed by atoms with Gasteiger partial charge in [0.05, 0.1) is 11.8 Å². The zero-order valence-electron chi connectivity index (χ0n) is 19.2. The Hall–Kier alpha value is -3.38. The molecule has 5 nitrogen and oxygen atoms in total. The summed E-state index contributed by atoms with van der Waals surface area (Å²) in [7, 11) is 0. The second kappa shape index (κ2) is 10.5. The van der Waals surface area contributed by atoms with Crippen LogP contribution in [-0.4, -0.2) is 26.4 Å². The standard InChI is InChI=1S/C27H28N4OS/c1-4-31-26(23-12-8-9-20(3)17-23)29-30-27(31)33-18-24(32)28-25(21-10-6-5-7-11-21)22-15-13-19(2)14-16-22/h5-17,25H,4,18H2,1-3H3,(H,28,32). The molecular formula is C27H28N4OS. The Balaban J connectivity index is 1.49. The normalized spacial score (nSPS) is 11.8. The maximum Gasteiger partial charge on any atom is 0.231 e. The maximum atomic E-state index is 13.0.